The van der Waals surface area contributed by atoms with Crippen molar-refractivity contribution >= 4 is 21.8 Å². The van der Waals surface area contributed by atoms with E-state index < -0.39 is 0 Å². The van der Waals surface area contributed by atoms with Crippen LogP contribution in [0.15, 0.2) is 36.4 Å². The van der Waals surface area contributed by atoms with Crippen LogP contribution < -0.4 is 4.74 Å². The lowest BCUT2D eigenvalue weighted by atomic mass is 10.1. The summed E-state index contributed by atoms with van der Waals surface area (Å²) in [5.41, 5.74) is 1.96. The molecular formula is C14H13NO2. The molecule has 0 amide bonds. The van der Waals surface area contributed by atoms with Gasteiger partial charge >= 0.3 is 0 Å². The molecule has 3 nitrogen and oxygen atoms in total. The van der Waals surface area contributed by atoms with Gasteiger partial charge in [0, 0.05) is 22.9 Å². The standard InChI is InChI=1S/C14H13NO2/c1-2-17-10-4-6-12-11-5-3-9(16)7-13(11)15-14(12)8-10/h3-8,15-16H,2H2,1H3. The average Bonchev–Trinajstić information content (AvgIpc) is 2.65. The van der Waals surface area contributed by atoms with Crippen molar-refractivity contribution in [2.24, 2.45) is 0 Å². The Morgan fingerprint density at radius 3 is 2.53 bits per heavy atom. The van der Waals surface area contributed by atoms with Crippen molar-refractivity contribution in [2.45, 2.75) is 6.92 Å². The highest BCUT2D eigenvalue weighted by Crippen LogP contribution is 2.30. The van der Waals surface area contributed by atoms with Gasteiger partial charge in [-0.3, -0.25) is 0 Å². The number of fused-ring (bicyclic) bond motifs is 3. The predicted octanol–water partition coefficient (Wildman–Crippen LogP) is 3.43. The number of hydrogen-bond acceptors (Lipinski definition) is 2. The Kier molecular flexibility index (Phi) is 2.18. The molecule has 0 bridgehead atoms. The fourth-order valence-electron chi connectivity index (χ4n) is 2.13. The highest BCUT2D eigenvalue weighted by Gasteiger charge is 2.05. The number of nitrogens with one attached hydrogen (secondary N) is 1. The molecule has 1 heterocycles. The first-order valence-electron chi connectivity index (χ1n) is 5.65. The fourth-order valence-corrected chi connectivity index (χ4v) is 2.13. The highest BCUT2D eigenvalue weighted by atomic mass is 16.5. The molecule has 3 rings (SSSR count). The third-order valence-electron chi connectivity index (χ3n) is 2.86. The Balaban J connectivity index is 2.27. The highest BCUT2D eigenvalue weighted by molar-refractivity contribution is 6.07. The van der Waals surface area contributed by atoms with Gasteiger partial charge < -0.3 is 14.8 Å². The van der Waals surface area contributed by atoms with Gasteiger partial charge in [0.1, 0.15) is 11.5 Å². The van der Waals surface area contributed by atoms with Crippen LogP contribution in [0.4, 0.5) is 0 Å². The zero-order valence-electron chi connectivity index (χ0n) is 9.53. The van der Waals surface area contributed by atoms with Gasteiger partial charge in [-0.25, -0.2) is 0 Å². The minimum absolute atomic E-state index is 0.272. The lowest BCUT2D eigenvalue weighted by Gasteiger charge is -2.01. The van der Waals surface area contributed by atoms with Crippen molar-refractivity contribution in [2.75, 3.05) is 6.61 Å². The van der Waals surface area contributed by atoms with Gasteiger partial charge in [0.25, 0.3) is 0 Å². The van der Waals surface area contributed by atoms with Crippen LogP contribution in [0.1, 0.15) is 6.92 Å². The van der Waals surface area contributed by atoms with Crippen molar-refractivity contribution in [3.8, 4) is 11.5 Å². The quantitative estimate of drug-likeness (QED) is 0.704. The van der Waals surface area contributed by atoms with Crippen LogP contribution >= 0.6 is 0 Å². The molecule has 0 fully saturated rings. The Labute approximate surface area is 98.6 Å². The van der Waals surface area contributed by atoms with Crippen molar-refractivity contribution in [3.63, 3.8) is 0 Å². The van der Waals surface area contributed by atoms with Crippen LogP contribution in [-0.4, -0.2) is 16.7 Å². The van der Waals surface area contributed by atoms with E-state index in [9.17, 15) is 5.11 Å². The molecule has 0 aliphatic rings. The van der Waals surface area contributed by atoms with Crippen molar-refractivity contribution in [3.05, 3.63) is 36.4 Å². The maximum absolute atomic E-state index is 9.45. The van der Waals surface area contributed by atoms with Gasteiger partial charge in [0.15, 0.2) is 0 Å². The first-order chi connectivity index (χ1) is 8.28. The zero-order valence-corrected chi connectivity index (χ0v) is 9.53. The minimum atomic E-state index is 0.272. The second-order valence-corrected chi connectivity index (χ2v) is 4.00. The fraction of sp³-hybridized carbons (Fsp3) is 0.143. The number of aromatic amines is 1. The van der Waals surface area contributed by atoms with E-state index in [2.05, 4.69) is 4.98 Å². The molecule has 86 valence electrons. The SMILES string of the molecule is CCOc1ccc2c(c1)[nH]c1cc(O)ccc12. The van der Waals surface area contributed by atoms with E-state index in [1.54, 1.807) is 12.1 Å². The molecule has 0 aliphatic heterocycles. The summed E-state index contributed by atoms with van der Waals surface area (Å²) in [4.78, 5) is 3.28. The van der Waals surface area contributed by atoms with Gasteiger partial charge in [-0.15, -0.1) is 0 Å². The van der Waals surface area contributed by atoms with Crippen molar-refractivity contribution in [1.29, 1.82) is 0 Å². The summed E-state index contributed by atoms with van der Waals surface area (Å²) in [5.74, 6) is 1.13. The number of phenolic OH excluding ortho intramolecular Hbond substituents is 1. The third kappa shape index (κ3) is 1.60. The van der Waals surface area contributed by atoms with Gasteiger partial charge in [-0.05, 0) is 31.2 Å². The maximum Gasteiger partial charge on any atom is 0.121 e. The summed E-state index contributed by atoms with van der Waals surface area (Å²) in [7, 11) is 0. The lowest BCUT2D eigenvalue weighted by Crippen LogP contribution is -1.90. The smallest absolute Gasteiger partial charge is 0.121 e. The van der Waals surface area contributed by atoms with Crippen LogP contribution in [-0.2, 0) is 0 Å². The average molecular weight is 227 g/mol. The Morgan fingerprint density at radius 1 is 1.06 bits per heavy atom. The van der Waals surface area contributed by atoms with Crippen LogP contribution in [0.3, 0.4) is 0 Å². The summed E-state index contributed by atoms with van der Waals surface area (Å²) >= 11 is 0. The number of aromatic nitrogens is 1. The number of phenols is 1. The van der Waals surface area contributed by atoms with E-state index in [0.717, 1.165) is 27.6 Å². The molecule has 0 saturated heterocycles. The van der Waals surface area contributed by atoms with E-state index in [1.807, 2.05) is 31.2 Å². The van der Waals surface area contributed by atoms with Crippen LogP contribution in [0.25, 0.3) is 21.8 Å². The number of benzene rings is 2. The molecule has 3 aromatic rings. The van der Waals surface area contributed by atoms with E-state index in [-0.39, 0.29) is 5.75 Å². The van der Waals surface area contributed by atoms with Crippen molar-refractivity contribution in [1.82, 2.24) is 4.98 Å². The maximum atomic E-state index is 9.45. The summed E-state index contributed by atoms with van der Waals surface area (Å²) < 4.78 is 5.46. The molecule has 3 heteroatoms. The number of aromatic hydroxyl groups is 1. The summed E-state index contributed by atoms with van der Waals surface area (Å²) in [5, 5.41) is 11.7. The molecule has 0 aliphatic carbocycles. The van der Waals surface area contributed by atoms with Crippen LogP contribution in [0.2, 0.25) is 0 Å². The number of ether oxygens (including phenoxy) is 1. The van der Waals surface area contributed by atoms with E-state index in [1.165, 1.54) is 0 Å². The number of hydrogen-bond donors (Lipinski definition) is 2. The summed E-state index contributed by atoms with van der Waals surface area (Å²) in [6.45, 7) is 2.62. The second kappa shape index (κ2) is 3.70. The first-order valence-corrected chi connectivity index (χ1v) is 5.65. The topological polar surface area (TPSA) is 45.2 Å². The van der Waals surface area contributed by atoms with Crippen LogP contribution in [0.5, 0.6) is 11.5 Å². The van der Waals surface area contributed by atoms with Gasteiger partial charge in [-0.2, -0.15) is 0 Å². The number of H-pyrrole nitrogens is 1. The predicted molar refractivity (Wildman–Crippen MR) is 68.6 cm³/mol. The van der Waals surface area contributed by atoms with E-state index in [0.29, 0.717) is 6.61 Å². The molecule has 2 N–H and O–H groups in total. The monoisotopic (exact) mass is 227 g/mol. The molecule has 0 unspecified atom stereocenters. The minimum Gasteiger partial charge on any atom is -0.508 e. The molecule has 0 radical (unpaired) electrons. The summed E-state index contributed by atoms with van der Waals surface area (Å²) in [6, 6.07) is 11.3. The summed E-state index contributed by atoms with van der Waals surface area (Å²) in [6.07, 6.45) is 0. The van der Waals surface area contributed by atoms with Gasteiger partial charge in [0.2, 0.25) is 0 Å². The molecule has 2 aromatic carbocycles. The normalized spacial score (nSPS) is 11.1. The van der Waals surface area contributed by atoms with Gasteiger partial charge in [0.05, 0.1) is 17.6 Å². The van der Waals surface area contributed by atoms with Crippen LogP contribution in [0, 0.1) is 0 Å². The van der Waals surface area contributed by atoms with Crippen molar-refractivity contribution < 1.29 is 9.84 Å². The molecular weight excluding hydrogens is 214 g/mol. The van der Waals surface area contributed by atoms with Gasteiger partial charge in [-0.1, -0.05) is 0 Å². The largest absolute Gasteiger partial charge is 0.508 e. The third-order valence-corrected chi connectivity index (χ3v) is 2.86. The Hall–Kier alpha value is -2.16. The first kappa shape index (κ1) is 10.0. The molecule has 0 saturated carbocycles. The zero-order chi connectivity index (χ0) is 11.8. The molecule has 17 heavy (non-hydrogen) atoms. The Morgan fingerprint density at radius 2 is 1.76 bits per heavy atom. The number of rotatable bonds is 2. The second-order valence-electron chi connectivity index (χ2n) is 4.00. The molecule has 0 atom stereocenters. The molecule has 1 aromatic heterocycles. The van der Waals surface area contributed by atoms with E-state index >= 15 is 0 Å². The van der Waals surface area contributed by atoms with E-state index in [4.69, 9.17) is 4.74 Å². The lowest BCUT2D eigenvalue weighted by molar-refractivity contribution is 0.340. The molecule has 0 spiro atoms. The Bertz CT molecular complexity index is 685.